The minimum atomic E-state index is -1.14. The molecule has 0 aliphatic carbocycles. The zero-order valence-corrected chi connectivity index (χ0v) is 14.0. The summed E-state index contributed by atoms with van der Waals surface area (Å²) in [5.74, 6) is -2.16. The van der Waals surface area contributed by atoms with Gasteiger partial charge in [-0.15, -0.1) is 0 Å². The first-order valence-corrected chi connectivity index (χ1v) is 7.97. The summed E-state index contributed by atoms with van der Waals surface area (Å²) in [4.78, 5) is 23.6. The van der Waals surface area contributed by atoms with Crippen molar-refractivity contribution in [1.29, 1.82) is 0 Å². The summed E-state index contributed by atoms with van der Waals surface area (Å²) in [7, 11) is 0. The van der Waals surface area contributed by atoms with Crippen LogP contribution >= 0.6 is 0 Å². The van der Waals surface area contributed by atoms with Gasteiger partial charge in [-0.1, -0.05) is 30.3 Å². The van der Waals surface area contributed by atoms with E-state index in [1.807, 2.05) is 30.3 Å². The molecule has 132 valence electrons. The van der Waals surface area contributed by atoms with Gasteiger partial charge in [-0.2, -0.15) is 0 Å². The van der Waals surface area contributed by atoms with Crippen molar-refractivity contribution < 1.29 is 19.1 Å². The number of carbonyl (C=O) groups is 2. The van der Waals surface area contributed by atoms with E-state index in [4.69, 9.17) is 0 Å². The fourth-order valence-electron chi connectivity index (χ4n) is 2.22. The average Bonchev–Trinajstić information content (AvgIpc) is 2.61. The molecule has 0 aromatic heterocycles. The first-order chi connectivity index (χ1) is 11.9. The molecule has 0 bridgehead atoms. The highest BCUT2D eigenvalue weighted by Gasteiger charge is 2.23. The molecule has 0 heterocycles. The quantitative estimate of drug-likeness (QED) is 0.704. The summed E-state index contributed by atoms with van der Waals surface area (Å²) in [5.41, 5.74) is 0.266. The van der Waals surface area contributed by atoms with E-state index in [1.165, 1.54) is 24.3 Å². The number of aryl methyl sites for hydroxylation is 1. The number of halogens is 1. The first-order valence-electron chi connectivity index (χ1n) is 7.97. The Labute approximate surface area is 145 Å². The fourth-order valence-corrected chi connectivity index (χ4v) is 2.22. The van der Waals surface area contributed by atoms with Crippen LogP contribution in [0.5, 0.6) is 0 Å². The number of hydrogen-bond acceptors (Lipinski definition) is 3. The van der Waals surface area contributed by atoms with Gasteiger partial charge in [0, 0.05) is 12.2 Å². The third kappa shape index (κ3) is 6.35. The SMILES string of the molecule is CC(O)(CCc1ccccc1)CNC(=O)C(=O)Nc1ccc(F)cc1. The standard InChI is InChI=1S/C19H21FN2O3/c1-19(25,12-11-14-5-3-2-4-6-14)13-21-17(23)18(24)22-16-9-7-15(20)8-10-16/h2-10,25H,11-13H2,1H3,(H,21,23)(H,22,24). The van der Waals surface area contributed by atoms with Crippen molar-refractivity contribution in [3.05, 3.63) is 66.0 Å². The Hall–Kier alpha value is -2.73. The number of rotatable bonds is 6. The Morgan fingerprint density at radius 3 is 2.32 bits per heavy atom. The molecule has 0 spiro atoms. The van der Waals surface area contributed by atoms with Gasteiger partial charge in [0.25, 0.3) is 0 Å². The molecule has 1 atom stereocenters. The van der Waals surface area contributed by atoms with E-state index >= 15 is 0 Å². The van der Waals surface area contributed by atoms with Crippen molar-refractivity contribution in [2.75, 3.05) is 11.9 Å². The summed E-state index contributed by atoms with van der Waals surface area (Å²) in [6.07, 6.45) is 1.10. The number of hydrogen-bond donors (Lipinski definition) is 3. The summed E-state index contributed by atoms with van der Waals surface area (Å²) < 4.78 is 12.8. The number of nitrogens with one attached hydrogen (secondary N) is 2. The molecule has 0 fully saturated rings. The Bertz CT molecular complexity index is 715. The van der Waals surface area contributed by atoms with Crippen molar-refractivity contribution in [1.82, 2.24) is 5.32 Å². The van der Waals surface area contributed by atoms with E-state index in [0.717, 1.165) is 5.56 Å². The molecular weight excluding hydrogens is 323 g/mol. The molecule has 2 aromatic carbocycles. The molecule has 0 saturated carbocycles. The second kappa shape index (κ2) is 8.39. The molecule has 0 saturated heterocycles. The van der Waals surface area contributed by atoms with Gasteiger partial charge in [0.05, 0.1) is 5.60 Å². The Balaban J connectivity index is 1.79. The van der Waals surface area contributed by atoms with Crippen molar-refractivity contribution in [3.63, 3.8) is 0 Å². The Morgan fingerprint density at radius 1 is 1.04 bits per heavy atom. The highest BCUT2D eigenvalue weighted by atomic mass is 19.1. The maximum atomic E-state index is 12.8. The fraction of sp³-hybridized carbons (Fsp3) is 0.263. The molecule has 2 rings (SSSR count). The minimum absolute atomic E-state index is 0.0461. The predicted octanol–water partition coefficient (Wildman–Crippen LogP) is 2.26. The van der Waals surface area contributed by atoms with Crippen molar-refractivity contribution in [2.24, 2.45) is 0 Å². The number of anilines is 1. The molecular formula is C19H21FN2O3. The molecule has 25 heavy (non-hydrogen) atoms. The van der Waals surface area contributed by atoms with Gasteiger partial charge in [0.1, 0.15) is 5.82 Å². The van der Waals surface area contributed by atoms with Crippen LogP contribution in [0.1, 0.15) is 18.9 Å². The minimum Gasteiger partial charge on any atom is -0.388 e. The molecule has 0 aliphatic rings. The zero-order valence-electron chi connectivity index (χ0n) is 14.0. The lowest BCUT2D eigenvalue weighted by atomic mass is 9.97. The largest absolute Gasteiger partial charge is 0.388 e. The molecule has 6 heteroatoms. The van der Waals surface area contributed by atoms with E-state index in [1.54, 1.807) is 6.92 Å². The van der Waals surface area contributed by atoms with Gasteiger partial charge in [-0.05, 0) is 49.6 Å². The lowest BCUT2D eigenvalue weighted by Crippen LogP contribution is -2.44. The molecule has 2 aromatic rings. The highest BCUT2D eigenvalue weighted by Crippen LogP contribution is 2.13. The van der Waals surface area contributed by atoms with E-state index in [2.05, 4.69) is 10.6 Å². The van der Waals surface area contributed by atoms with Gasteiger partial charge >= 0.3 is 11.8 Å². The smallest absolute Gasteiger partial charge is 0.313 e. The summed E-state index contributed by atoms with van der Waals surface area (Å²) >= 11 is 0. The predicted molar refractivity (Wildman–Crippen MR) is 93.4 cm³/mol. The monoisotopic (exact) mass is 344 g/mol. The van der Waals surface area contributed by atoms with Crippen LogP contribution in [0.2, 0.25) is 0 Å². The van der Waals surface area contributed by atoms with E-state index in [-0.39, 0.29) is 6.54 Å². The second-order valence-electron chi connectivity index (χ2n) is 6.13. The Morgan fingerprint density at radius 2 is 1.68 bits per heavy atom. The van der Waals surface area contributed by atoms with Crippen LogP contribution in [-0.4, -0.2) is 29.1 Å². The van der Waals surface area contributed by atoms with Crippen LogP contribution in [0, 0.1) is 5.82 Å². The lowest BCUT2D eigenvalue weighted by Gasteiger charge is -2.23. The molecule has 1 unspecified atom stereocenters. The molecule has 0 radical (unpaired) electrons. The number of benzene rings is 2. The third-order valence-electron chi connectivity index (χ3n) is 3.73. The van der Waals surface area contributed by atoms with E-state index in [0.29, 0.717) is 18.5 Å². The zero-order chi connectivity index (χ0) is 18.3. The third-order valence-corrected chi connectivity index (χ3v) is 3.73. The maximum Gasteiger partial charge on any atom is 0.313 e. The molecule has 3 N–H and O–H groups in total. The number of amides is 2. The van der Waals surface area contributed by atoms with Crippen molar-refractivity contribution in [3.8, 4) is 0 Å². The average molecular weight is 344 g/mol. The number of carbonyl (C=O) groups excluding carboxylic acids is 2. The second-order valence-corrected chi connectivity index (χ2v) is 6.13. The summed E-state index contributed by atoms with van der Waals surface area (Å²) in [5, 5.41) is 15.1. The van der Waals surface area contributed by atoms with Crippen molar-refractivity contribution >= 4 is 17.5 Å². The summed E-state index contributed by atoms with van der Waals surface area (Å²) in [6.45, 7) is 1.56. The van der Waals surface area contributed by atoms with Gasteiger partial charge in [-0.25, -0.2) is 4.39 Å². The lowest BCUT2D eigenvalue weighted by molar-refractivity contribution is -0.136. The van der Waals surface area contributed by atoms with Crippen LogP contribution in [0.3, 0.4) is 0 Å². The van der Waals surface area contributed by atoms with E-state index < -0.39 is 23.2 Å². The van der Waals surface area contributed by atoms with Gasteiger partial charge in [0.2, 0.25) is 0 Å². The highest BCUT2D eigenvalue weighted by molar-refractivity contribution is 6.39. The molecule has 2 amide bonds. The van der Waals surface area contributed by atoms with Crippen LogP contribution in [0.4, 0.5) is 10.1 Å². The van der Waals surface area contributed by atoms with Crippen LogP contribution < -0.4 is 10.6 Å². The van der Waals surface area contributed by atoms with Gasteiger partial charge < -0.3 is 15.7 Å². The van der Waals surface area contributed by atoms with Gasteiger partial charge in [-0.3, -0.25) is 9.59 Å². The molecule has 0 aliphatic heterocycles. The van der Waals surface area contributed by atoms with E-state index in [9.17, 15) is 19.1 Å². The van der Waals surface area contributed by atoms with Crippen LogP contribution in [0.25, 0.3) is 0 Å². The maximum absolute atomic E-state index is 12.8. The van der Waals surface area contributed by atoms with Crippen LogP contribution in [-0.2, 0) is 16.0 Å². The topological polar surface area (TPSA) is 78.4 Å². The molecule has 5 nitrogen and oxygen atoms in total. The normalized spacial score (nSPS) is 12.9. The van der Waals surface area contributed by atoms with Crippen LogP contribution in [0.15, 0.2) is 54.6 Å². The number of aliphatic hydroxyl groups is 1. The van der Waals surface area contributed by atoms with Gasteiger partial charge in [0.15, 0.2) is 0 Å². The summed E-state index contributed by atoms with van der Waals surface area (Å²) in [6, 6.07) is 14.8. The van der Waals surface area contributed by atoms with Crippen molar-refractivity contribution in [2.45, 2.75) is 25.4 Å². The Kier molecular flexibility index (Phi) is 6.25. The first kappa shape index (κ1) is 18.6.